The Morgan fingerprint density at radius 2 is 2.25 bits per heavy atom. The van der Waals surface area contributed by atoms with E-state index in [1.54, 1.807) is 6.92 Å². The van der Waals surface area contributed by atoms with E-state index in [4.69, 9.17) is 0 Å². The van der Waals surface area contributed by atoms with Gasteiger partial charge in [-0.1, -0.05) is 31.9 Å². The van der Waals surface area contributed by atoms with Crippen molar-refractivity contribution in [2.75, 3.05) is 0 Å². The molecule has 1 rings (SSSR count). The maximum absolute atomic E-state index is 11.7. The summed E-state index contributed by atoms with van der Waals surface area (Å²) in [7, 11) is 0. The van der Waals surface area contributed by atoms with Crippen molar-refractivity contribution in [1.29, 1.82) is 0 Å². The molecule has 0 N–H and O–H groups in total. The second-order valence-electron chi connectivity index (χ2n) is 4.77. The van der Waals surface area contributed by atoms with E-state index in [9.17, 15) is 9.59 Å². The molecule has 16 heavy (non-hydrogen) atoms. The number of Topliss-reactive ketones (excluding diaryl/α,β-unsaturated/α-hetero) is 2. The first-order valence-electron chi connectivity index (χ1n) is 6.34. The molecule has 0 saturated heterocycles. The third-order valence-electron chi connectivity index (χ3n) is 3.26. The molecular formula is C14H22O2. The molecule has 0 aromatic carbocycles. The third kappa shape index (κ3) is 3.92. The lowest BCUT2D eigenvalue weighted by Crippen LogP contribution is -2.14. The maximum atomic E-state index is 11.7. The van der Waals surface area contributed by atoms with Gasteiger partial charge in [0.05, 0.1) is 0 Å². The van der Waals surface area contributed by atoms with Gasteiger partial charge < -0.3 is 4.79 Å². The number of ketones is 2. The zero-order chi connectivity index (χ0) is 12.0. The summed E-state index contributed by atoms with van der Waals surface area (Å²) in [5.41, 5.74) is 0. The molecule has 2 atom stereocenters. The standard InChI is InChI=1S/C14H22O2/c1-3-4-5-6-7-13-12(10-11(2)15)8-9-14(13)16/h6-7,12-13H,3-5,8-10H2,1-2H3. The average molecular weight is 222 g/mol. The molecule has 0 aromatic heterocycles. The van der Waals surface area contributed by atoms with Crippen LogP contribution < -0.4 is 0 Å². The summed E-state index contributed by atoms with van der Waals surface area (Å²) in [6, 6.07) is 0. The Balaban J connectivity index is 2.49. The zero-order valence-electron chi connectivity index (χ0n) is 10.4. The van der Waals surface area contributed by atoms with Gasteiger partial charge in [-0.3, -0.25) is 4.79 Å². The highest BCUT2D eigenvalue weighted by atomic mass is 16.1. The minimum atomic E-state index is 0.0146. The minimum Gasteiger partial charge on any atom is -0.300 e. The smallest absolute Gasteiger partial charge is 0.140 e. The minimum absolute atomic E-state index is 0.0146. The molecule has 1 fully saturated rings. The molecule has 0 spiro atoms. The van der Waals surface area contributed by atoms with Gasteiger partial charge in [-0.25, -0.2) is 0 Å². The highest BCUT2D eigenvalue weighted by Crippen LogP contribution is 2.32. The molecule has 0 aromatic rings. The predicted molar refractivity (Wildman–Crippen MR) is 65.2 cm³/mol. The van der Waals surface area contributed by atoms with Crippen LogP contribution in [-0.4, -0.2) is 11.6 Å². The van der Waals surface area contributed by atoms with E-state index in [1.807, 2.05) is 6.08 Å². The Morgan fingerprint density at radius 3 is 2.88 bits per heavy atom. The molecule has 1 aliphatic carbocycles. The van der Waals surface area contributed by atoms with Crippen molar-refractivity contribution >= 4 is 11.6 Å². The number of unbranched alkanes of at least 4 members (excludes halogenated alkanes) is 2. The van der Waals surface area contributed by atoms with Gasteiger partial charge in [0.25, 0.3) is 0 Å². The number of rotatable bonds is 6. The fourth-order valence-corrected chi connectivity index (χ4v) is 2.36. The summed E-state index contributed by atoms with van der Waals surface area (Å²) >= 11 is 0. The van der Waals surface area contributed by atoms with Gasteiger partial charge in [0.15, 0.2) is 0 Å². The predicted octanol–water partition coefficient (Wildman–Crippen LogP) is 3.31. The second-order valence-corrected chi connectivity index (χ2v) is 4.77. The number of hydrogen-bond acceptors (Lipinski definition) is 2. The number of carbonyl (C=O) groups excluding carboxylic acids is 2. The molecule has 90 valence electrons. The Kier molecular flexibility index (Phi) is 5.44. The van der Waals surface area contributed by atoms with E-state index >= 15 is 0 Å². The van der Waals surface area contributed by atoms with Gasteiger partial charge in [-0.2, -0.15) is 0 Å². The molecule has 2 heteroatoms. The first-order chi connectivity index (χ1) is 7.65. The van der Waals surface area contributed by atoms with Crippen molar-refractivity contribution in [2.24, 2.45) is 11.8 Å². The zero-order valence-corrected chi connectivity index (χ0v) is 10.4. The van der Waals surface area contributed by atoms with Crippen molar-refractivity contribution in [2.45, 2.75) is 52.4 Å². The molecule has 1 aliphatic rings. The van der Waals surface area contributed by atoms with Gasteiger partial charge >= 0.3 is 0 Å². The van der Waals surface area contributed by atoms with Gasteiger partial charge in [0.2, 0.25) is 0 Å². The Morgan fingerprint density at radius 1 is 1.50 bits per heavy atom. The number of hydrogen-bond donors (Lipinski definition) is 0. The molecule has 2 nitrogen and oxygen atoms in total. The van der Waals surface area contributed by atoms with Gasteiger partial charge in [0.1, 0.15) is 11.6 Å². The van der Waals surface area contributed by atoms with Gasteiger partial charge in [-0.05, 0) is 25.7 Å². The fraction of sp³-hybridized carbons (Fsp3) is 0.714. The van der Waals surface area contributed by atoms with Gasteiger partial charge in [-0.15, -0.1) is 0 Å². The second kappa shape index (κ2) is 6.62. The van der Waals surface area contributed by atoms with E-state index in [1.165, 1.54) is 12.8 Å². The van der Waals surface area contributed by atoms with Crippen molar-refractivity contribution in [3.05, 3.63) is 12.2 Å². The van der Waals surface area contributed by atoms with Crippen molar-refractivity contribution < 1.29 is 9.59 Å². The van der Waals surface area contributed by atoms with Crippen LogP contribution in [-0.2, 0) is 9.59 Å². The highest BCUT2D eigenvalue weighted by molar-refractivity contribution is 5.86. The number of allylic oxidation sites excluding steroid dienone is 2. The van der Waals surface area contributed by atoms with Crippen molar-refractivity contribution in [1.82, 2.24) is 0 Å². The summed E-state index contributed by atoms with van der Waals surface area (Å²) in [6.45, 7) is 3.77. The first-order valence-corrected chi connectivity index (χ1v) is 6.34. The summed E-state index contributed by atoms with van der Waals surface area (Å²) in [4.78, 5) is 22.8. The Hall–Kier alpha value is -0.920. The lowest BCUT2D eigenvalue weighted by atomic mass is 9.90. The monoisotopic (exact) mass is 222 g/mol. The van der Waals surface area contributed by atoms with Crippen molar-refractivity contribution in [3.63, 3.8) is 0 Å². The molecule has 0 amide bonds. The molecule has 0 aliphatic heterocycles. The first kappa shape index (κ1) is 13.1. The average Bonchev–Trinajstić information content (AvgIpc) is 2.55. The van der Waals surface area contributed by atoms with Crippen LogP contribution in [0.3, 0.4) is 0 Å². The summed E-state index contributed by atoms with van der Waals surface area (Å²) < 4.78 is 0. The van der Waals surface area contributed by atoms with Crippen LogP contribution in [0.25, 0.3) is 0 Å². The van der Waals surface area contributed by atoms with Gasteiger partial charge in [0, 0.05) is 18.8 Å². The van der Waals surface area contributed by atoms with Crippen LogP contribution in [0.1, 0.15) is 52.4 Å². The van der Waals surface area contributed by atoms with E-state index in [0.717, 1.165) is 12.8 Å². The molecule has 0 bridgehead atoms. The lowest BCUT2D eigenvalue weighted by molar-refractivity contribution is -0.120. The van der Waals surface area contributed by atoms with Crippen molar-refractivity contribution in [3.8, 4) is 0 Å². The van der Waals surface area contributed by atoms with Crippen LogP contribution >= 0.6 is 0 Å². The number of carbonyl (C=O) groups is 2. The third-order valence-corrected chi connectivity index (χ3v) is 3.26. The van der Waals surface area contributed by atoms with Crippen LogP contribution in [0, 0.1) is 11.8 Å². The largest absolute Gasteiger partial charge is 0.300 e. The highest BCUT2D eigenvalue weighted by Gasteiger charge is 2.32. The maximum Gasteiger partial charge on any atom is 0.140 e. The van der Waals surface area contributed by atoms with Crippen LogP contribution in [0.2, 0.25) is 0 Å². The van der Waals surface area contributed by atoms with E-state index in [2.05, 4.69) is 13.0 Å². The quantitative estimate of drug-likeness (QED) is 0.510. The Bertz CT molecular complexity index is 278. The molecular weight excluding hydrogens is 200 g/mol. The lowest BCUT2D eigenvalue weighted by Gasteiger charge is -2.12. The fourth-order valence-electron chi connectivity index (χ4n) is 2.36. The SMILES string of the molecule is CCCCC=CC1C(=O)CCC1CC(C)=O. The summed E-state index contributed by atoms with van der Waals surface area (Å²) in [5, 5.41) is 0. The van der Waals surface area contributed by atoms with E-state index < -0.39 is 0 Å². The summed E-state index contributed by atoms with van der Waals surface area (Å²) in [5.74, 6) is 0.800. The molecule has 0 heterocycles. The van der Waals surface area contributed by atoms with E-state index in [0.29, 0.717) is 18.6 Å². The normalized spacial score (nSPS) is 25.5. The van der Waals surface area contributed by atoms with E-state index in [-0.39, 0.29) is 17.6 Å². The van der Waals surface area contributed by atoms with Crippen LogP contribution in [0.15, 0.2) is 12.2 Å². The molecule has 1 saturated carbocycles. The molecule has 0 radical (unpaired) electrons. The molecule has 2 unspecified atom stereocenters. The van der Waals surface area contributed by atoms with Crippen LogP contribution in [0.4, 0.5) is 0 Å². The summed E-state index contributed by atoms with van der Waals surface area (Å²) in [6.07, 6.45) is 9.67. The van der Waals surface area contributed by atoms with Crippen LogP contribution in [0.5, 0.6) is 0 Å². The topological polar surface area (TPSA) is 34.1 Å². The Labute approximate surface area is 98.1 Å².